The summed E-state index contributed by atoms with van der Waals surface area (Å²) in [6.45, 7) is 8.21. The number of carbonyl (C=O) groups excluding carboxylic acids is 3. The quantitative estimate of drug-likeness (QED) is 0.645. The molecule has 8 nitrogen and oxygen atoms in total. The lowest BCUT2D eigenvalue weighted by molar-refractivity contribution is 0.0210. The van der Waals surface area contributed by atoms with Crippen LogP contribution in [0.15, 0.2) is 36.5 Å². The minimum atomic E-state index is -0.554. The molecule has 1 aromatic heterocycles. The highest BCUT2D eigenvalue weighted by Crippen LogP contribution is 2.23. The van der Waals surface area contributed by atoms with Crippen LogP contribution in [0.4, 0.5) is 10.5 Å². The number of ether oxygens (including phenoxy) is 1. The van der Waals surface area contributed by atoms with Crippen LogP contribution in [-0.2, 0) is 11.2 Å². The number of piperidine rings is 1. The molecule has 2 amide bonds. The van der Waals surface area contributed by atoms with Crippen molar-refractivity contribution in [3.8, 4) is 0 Å². The van der Waals surface area contributed by atoms with Crippen LogP contribution in [0.1, 0.15) is 72.5 Å². The van der Waals surface area contributed by atoms with Gasteiger partial charge in [-0.25, -0.2) is 4.79 Å². The zero-order valence-electron chi connectivity index (χ0n) is 19.7. The Morgan fingerprint density at radius 1 is 1.18 bits per heavy atom. The molecule has 2 heterocycles. The Balaban J connectivity index is 1.70. The highest BCUT2D eigenvalue weighted by molar-refractivity contribution is 5.98. The van der Waals surface area contributed by atoms with Crippen LogP contribution in [0.5, 0.6) is 0 Å². The van der Waals surface area contributed by atoms with Gasteiger partial charge in [0, 0.05) is 43.0 Å². The first-order valence-electron chi connectivity index (χ1n) is 11.1. The van der Waals surface area contributed by atoms with Crippen LogP contribution < -0.4 is 11.1 Å². The van der Waals surface area contributed by atoms with Crippen LogP contribution in [-0.4, -0.2) is 52.4 Å². The number of benzene rings is 1. The molecular formula is C25H32N4O4. The van der Waals surface area contributed by atoms with Crippen molar-refractivity contribution in [2.75, 3.05) is 18.4 Å². The van der Waals surface area contributed by atoms with Gasteiger partial charge in [0.15, 0.2) is 5.78 Å². The molecule has 33 heavy (non-hydrogen) atoms. The maximum Gasteiger partial charge on any atom is 0.410 e. The number of aromatic nitrogens is 1. The van der Waals surface area contributed by atoms with E-state index in [1.165, 1.54) is 13.1 Å². The van der Waals surface area contributed by atoms with E-state index in [4.69, 9.17) is 10.5 Å². The lowest BCUT2D eigenvalue weighted by Gasteiger charge is -2.34. The fraction of sp³-hybridized carbons (Fsp3) is 0.440. The normalized spacial score (nSPS) is 14.6. The predicted molar refractivity (Wildman–Crippen MR) is 126 cm³/mol. The molecule has 1 aliphatic heterocycles. The number of carbonyl (C=O) groups is 3. The number of nitrogens with one attached hydrogen (secondary N) is 1. The molecule has 1 aromatic carbocycles. The van der Waals surface area contributed by atoms with Crippen LogP contribution in [0, 0.1) is 0 Å². The van der Waals surface area contributed by atoms with E-state index in [2.05, 4.69) is 10.3 Å². The van der Waals surface area contributed by atoms with Crippen molar-refractivity contribution >= 4 is 23.5 Å². The molecule has 3 rings (SSSR count). The predicted octanol–water partition coefficient (Wildman–Crippen LogP) is 3.79. The number of nitrogens with two attached hydrogens (primary N) is 1. The maximum absolute atomic E-state index is 12.3. The second-order valence-corrected chi connectivity index (χ2v) is 9.40. The van der Waals surface area contributed by atoms with E-state index >= 15 is 0 Å². The first kappa shape index (κ1) is 24.2. The number of anilines is 1. The van der Waals surface area contributed by atoms with Crippen LogP contribution >= 0.6 is 0 Å². The van der Waals surface area contributed by atoms with Crippen molar-refractivity contribution < 1.29 is 19.1 Å². The smallest absolute Gasteiger partial charge is 0.410 e. The standard InChI is InChI=1S/C25H32N4O4/c1-16(30)18-7-5-6-17(12-18)13-20-14-22(21(15-27-20)23(26)31)28-19-8-10-29(11-9-19)24(32)33-25(2,3)4/h5-7,12,14-15,19H,8-11,13H2,1-4H3,(H2,26,31)(H,27,28). The Labute approximate surface area is 194 Å². The molecule has 0 aliphatic carbocycles. The molecule has 0 radical (unpaired) electrons. The molecule has 0 spiro atoms. The number of likely N-dealkylation sites (tertiary alicyclic amines) is 1. The third-order valence-electron chi connectivity index (χ3n) is 5.45. The van der Waals surface area contributed by atoms with Crippen LogP contribution in [0.2, 0.25) is 0 Å². The van der Waals surface area contributed by atoms with Crippen molar-refractivity contribution in [1.29, 1.82) is 0 Å². The van der Waals surface area contributed by atoms with Gasteiger partial charge in [-0.3, -0.25) is 14.6 Å². The Morgan fingerprint density at radius 2 is 1.88 bits per heavy atom. The Bertz CT molecular complexity index is 1040. The third kappa shape index (κ3) is 6.78. The largest absolute Gasteiger partial charge is 0.444 e. The highest BCUT2D eigenvalue weighted by Gasteiger charge is 2.27. The zero-order valence-corrected chi connectivity index (χ0v) is 19.7. The summed E-state index contributed by atoms with van der Waals surface area (Å²) in [7, 11) is 0. The van der Waals surface area contributed by atoms with Crippen molar-refractivity contribution in [1.82, 2.24) is 9.88 Å². The second kappa shape index (κ2) is 10.0. The summed E-state index contributed by atoms with van der Waals surface area (Å²) in [6.07, 6.45) is 3.14. The number of primary amides is 1. The molecule has 3 N–H and O–H groups in total. The molecule has 176 valence electrons. The topological polar surface area (TPSA) is 115 Å². The summed E-state index contributed by atoms with van der Waals surface area (Å²) in [5, 5.41) is 3.42. The van der Waals surface area contributed by atoms with Crippen LogP contribution in [0.3, 0.4) is 0 Å². The van der Waals surface area contributed by atoms with Gasteiger partial charge in [-0.1, -0.05) is 18.2 Å². The zero-order chi connectivity index (χ0) is 24.2. The molecule has 0 atom stereocenters. The first-order valence-corrected chi connectivity index (χ1v) is 11.1. The number of pyridine rings is 1. The van der Waals surface area contributed by atoms with Crippen molar-refractivity contribution in [3.05, 3.63) is 58.9 Å². The fourth-order valence-electron chi connectivity index (χ4n) is 3.77. The number of nitrogens with zero attached hydrogens (tertiary/aromatic N) is 2. The summed E-state index contributed by atoms with van der Waals surface area (Å²) in [4.78, 5) is 42.0. The van der Waals surface area contributed by atoms with Gasteiger partial charge in [0.1, 0.15) is 5.60 Å². The summed E-state index contributed by atoms with van der Waals surface area (Å²) in [5.41, 5.74) is 8.36. The molecule has 8 heteroatoms. The molecule has 0 bridgehead atoms. The number of amides is 2. The van der Waals surface area contributed by atoms with E-state index in [1.54, 1.807) is 11.0 Å². The van der Waals surface area contributed by atoms with Gasteiger partial charge in [0.2, 0.25) is 0 Å². The minimum Gasteiger partial charge on any atom is -0.444 e. The third-order valence-corrected chi connectivity index (χ3v) is 5.45. The SMILES string of the molecule is CC(=O)c1cccc(Cc2cc(NC3CCN(C(=O)OC(C)(C)C)CC3)c(C(N)=O)cn2)c1. The van der Waals surface area contributed by atoms with E-state index in [9.17, 15) is 14.4 Å². The van der Waals surface area contributed by atoms with Gasteiger partial charge in [-0.05, 0) is 58.2 Å². The fourth-order valence-corrected chi connectivity index (χ4v) is 3.77. The summed E-state index contributed by atoms with van der Waals surface area (Å²) in [5.74, 6) is -0.546. The molecular weight excluding hydrogens is 420 g/mol. The number of rotatable bonds is 6. The van der Waals surface area contributed by atoms with Gasteiger partial charge in [-0.2, -0.15) is 0 Å². The van der Waals surface area contributed by atoms with Crippen molar-refractivity contribution in [2.45, 2.75) is 58.6 Å². The summed E-state index contributed by atoms with van der Waals surface area (Å²) in [6, 6.07) is 9.34. The average molecular weight is 453 g/mol. The number of hydrogen-bond donors (Lipinski definition) is 2. The first-order chi connectivity index (χ1) is 15.5. The van der Waals surface area contributed by atoms with E-state index in [0.717, 1.165) is 24.1 Å². The Kier molecular flexibility index (Phi) is 7.36. The Hall–Kier alpha value is -3.42. The second-order valence-electron chi connectivity index (χ2n) is 9.40. The lowest BCUT2D eigenvalue weighted by atomic mass is 10.0. The van der Waals surface area contributed by atoms with Crippen LogP contribution in [0.25, 0.3) is 0 Å². The van der Waals surface area contributed by atoms with Gasteiger partial charge in [0.25, 0.3) is 5.91 Å². The molecule has 1 fully saturated rings. The maximum atomic E-state index is 12.3. The number of Topliss-reactive ketones (excluding diaryl/α,β-unsaturated/α-hetero) is 1. The van der Waals surface area contributed by atoms with E-state index in [0.29, 0.717) is 36.3 Å². The lowest BCUT2D eigenvalue weighted by Crippen LogP contribution is -2.44. The van der Waals surface area contributed by atoms with Gasteiger partial charge < -0.3 is 20.7 Å². The molecule has 0 saturated carbocycles. The van der Waals surface area contributed by atoms with E-state index in [-0.39, 0.29) is 17.9 Å². The van der Waals surface area contributed by atoms with E-state index < -0.39 is 11.5 Å². The average Bonchev–Trinajstić information content (AvgIpc) is 2.73. The monoisotopic (exact) mass is 452 g/mol. The van der Waals surface area contributed by atoms with Gasteiger partial charge in [-0.15, -0.1) is 0 Å². The molecule has 1 aliphatic rings. The van der Waals surface area contributed by atoms with Crippen molar-refractivity contribution in [2.24, 2.45) is 5.73 Å². The molecule has 2 aromatic rings. The highest BCUT2D eigenvalue weighted by atomic mass is 16.6. The van der Waals surface area contributed by atoms with Gasteiger partial charge in [0.05, 0.1) is 11.3 Å². The van der Waals surface area contributed by atoms with Crippen molar-refractivity contribution in [3.63, 3.8) is 0 Å². The molecule has 1 saturated heterocycles. The Morgan fingerprint density at radius 3 is 2.48 bits per heavy atom. The number of ketones is 1. The number of hydrogen-bond acceptors (Lipinski definition) is 6. The minimum absolute atomic E-state index is 0.00830. The summed E-state index contributed by atoms with van der Waals surface area (Å²) >= 11 is 0. The summed E-state index contributed by atoms with van der Waals surface area (Å²) < 4.78 is 5.45. The molecule has 0 unspecified atom stereocenters. The van der Waals surface area contributed by atoms with E-state index in [1.807, 2.05) is 45.0 Å². The van der Waals surface area contributed by atoms with Gasteiger partial charge >= 0.3 is 6.09 Å².